The number of methoxy groups -OCH3 is 1. The van der Waals surface area contributed by atoms with E-state index in [-0.39, 0.29) is 18.3 Å². The molecule has 2 aliphatic rings. The van der Waals surface area contributed by atoms with Crippen LogP contribution in [-0.4, -0.2) is 60.3 Å². The third-order valence-electron chi connectivity index (χ3n) is 4.70. The molecule has 11 nitrogen and oxygen atoms in total. The van der Waals surface area contributed by atoms with E-state index in [1.807, 2.05) is 0 Å². The summed E-state index contributed by atoms with van der Waals surface area (Å²) in [4.78, 5) is 24.9. The predicted molar refractivity (Wildman–Crippen MR) is 120 cm³/mol. The van der Waals surface area contributed by atoms with Crippen LogP contribution in [0.25, 0.3) is 0 Å². The molecule has 2 aliphatic heterocycles. The average molecular weight is 546 g/mol. The molecule has 33 heavy (non-hydrogen) atoms. The summed E-state index contributed by atoms with van der Waals surface area (Å²) in [6.07, 6.45) is 2.25. The molecule has 2 heterocycles. The highest BCUT2D eigenvalue weighted by atomic mass is 79.9. The zero-order valence-corrected chi connectivity index (χ0v) is 20.6. The van der Waals surface area contributed by atoms with Gasteiger partial charge >= 0.3 is 13.7 Å². The minimum Gasteiger partial charge on any atom is -0.468 e. The van der Waals surface area contributed by atoms with Crippen molar-refractivity contribution in [3.63, 3.8) is 0 Å². The smallest absolute Gasteiger partial charge is 0.459 e. The Hall–Kier alpha value is -2.21. The molecule has 0 radical (unpaired) electrons. The molecule has 0 fully saturated rings. The van der Waals surface area contributed by atoms with Gasteiger partial charge in [-0.25, -0.2) is 4.57 Å². The number of halogens is 1. The number of benzene rings is 1. The summed E-state index contributed by atoms with van der Waals surface area (Å²) in [7, 11) is -2.81. The Balaban J connectivity index is 1.66. The third-order valence-corrected chi connectivity index (χ3v) is 6.87. The minimum atomic E-state index is -4.03. The standard InChI is InChI=1S/C20H25BrN3O8P/c1-12-10-24(20(27)22-18(12)25)17-9-8-16(31-17)11-30-33(28,23-13(2)19(26)29-3)32-15-6-4-14(21)5-7-15/h4-10,13,16-17,20,27H,11H2,1-3H3,(H,22,25)(H,23,28)/t13?,16?,17?,20-,33?/m0/s1. The van der Waals surface area contributed by atoms with E-state index in [2.05, 4.69) is 31.1 Å². The van der Waals surface area contributed by atoms with Gasteiger partial charge in [-0.1, -0.05) is 22.0 Å². The SMILES string of the molecule is COC(=O)C(C)NP(=O)(OCC1C=CC(N2C=C(C)C(=O)N[C@@H]2O)O1)Oc1ccc(Br)cc1. The van der Waals surface area contributed by atoms with Gasteiger partial charge in [-0.2, -0.15) is 5.09 Å². The Kier molecular flexibility index (Phi) is 8.33. The van der Waals surface area contributed by atoms with Crippen LogP contribution in [0.5, 0.6) is 5.75 Å². The lowest BCUT2D eigenvalue weighted by atomic mass is 10.2. The van der Waals surface area contributed by atoms with Crippen molar-refractivity contribution < 1.29 is 37.8 Å². The molecule has 0 saturated heterocycles. The fourth-order valence-electron chi connectivity index (χ4n) is 2.99. The number of carbonyl (C=O) groups is 2. The Labute approximate surface area is 199 Å². The molecule has 1 aromatic rings. The first-order chi connectivity index (χ1) is 15.6. The topological polar surface area (TPSA) is 136 Å². The Morgan fingerprint density at radius 1 is 1.36 bits per heavy atom. The van der Waals surface area contributed by atoms with Crippen LogP contribution >= 0.6 is 23.7 Å². The first-order valence-electron chi connectivity index (χ1n) is 9.94. The van der Waals surface area contributed by atoms with Gasteiger partial charge in [0.2, 0.25) is 6.35 Å². The van der Waals surface area contributed by atoms with Crippen LogP contribution in [0, 0.1) is 0 Å². The average Bonchev–Trinajstić information content (AvgIpc) is 3.25. The van der Waals surface area contributed by atoms with Crippen molar-refractivity contribution in [2.24, 2.45) is 0 Å². The van der Waals surface area contributed by atoms with E-state index in [1.54, 1.807) is 43.3 Å². The lowest BCUT2D eigenvalue weighted by molar-refractivity contribution is -0.142. The van der Waals surface area contributed by atoms with Crippen molar-refractivity contribution in [1.82, 2.24) is 15.3 Å². The van der Waals surface area contributed by atoms with Crippen molar-refractivity contribution in [2.45, 2.75) is 38.6 Å². The van der Waals surface area contributed by atoms with E-state index in [9.17, 15) is 19.3 Å². The van der Waals surface area contributed by atoms with Crippen molar-refractivity contribution in [1.29, 1.82) is 0 Å². The summed E-state index contributed by atoms with van der Waals surface area (Å²) in [5.41, 5.74) is 0.408. The summed E-state index contributed by atoms with van der Waals surface area (Å²) in [5.74, 6) is -0.754. The van der Waals surface area contributed by atoms with Gasteiger partial charge in [0, 0.05) is 16.2 Å². The highest BCUT2D eigenvalue weighted by molar-refractivity contribution is 9.10. The Morgan fingerprint density at radius 3 is 2.73 bits per heavy atom. The molecule has 4 unspecified atom stereocenters. The summed E-state index contributed by atoms with van der Waals surface area (Å²) in [6, 6.07) is 5.62. The number of nitrogens with one attached hydrogen (secondary N) is 2. The van der Waals surface area contributed by atoms with Crippen LogP contribution in [0.4, 0.5) is 0 Å². The molecule has 3 rings (SSSR count). The van der Waals surface area contributed by atoms with E-state index in [0.717, 1.165) is 4.47 Å². The number of amides is 1. The van der Waals surface area contributed by atoms with E-state index < -0.39 is 38.4 Å². The molecule has 0 aliphatic carbocycles. The first kappa shape index (κ1) is 25.4. The van der Waals surface area contributed by atoms with E-state index in [1.165, 1.54) is 25.1 Å². The highest BCUT2D eigenvalue weighted by Crippen LogP contribution is 2.45. The number of aliphatic hydroxyl groups excluding tert-OH is 1. The van der Waals surface area contributed by atoms with Crippen molar-refractivity contribution in [3.8, 4) is 5.75 Å². The molecule has 0 bridgehead atoms. The Bertz CT molecular complexity index is 986. The second-order valence-corrected chi connectivity index (χ2v) is 9.88. The molecular formula is C20H25BrN3O8P. The van der Waals surface area contributed by atoms with E-state index in [0.29, 0.717) is 5.57 Å². The van der Waals surface area contributed by atoms with Crippen LogP contribution in [0.2, 0.25) is 0 Å². The second-order valence-electron chi connectivity index (χ2n) is 7.27. The van der Waals surface area contributed by atoms with Crippen molar-refractivity contribution in [2.75, 3.05) is 13.7 Å². The maximum absolute atomic E-state index is 13.4. The third kappa shape index (κ3) is 6.66. The van der Waals surface area contributed by atoms with Crippen molar-refractivity contribution in [3.05, 3.63) is 52.7 Å². The van der Waals surface area contributed by atoms with Gasteiger partial charge in [0.15, 0.2) is 6.23 Å². The first-order valence-corrected chi connectivity index (χ1v) is 12.3. The number of carbonyl (C=O) groups excluding carboxylic acids is 2. The lowest BCUT2D eigenvalue weighted by Gasteiger charge is -2.35. The van der Waals surface area contributed by atoms with Gasteiger partial charge in [0.05, 0.1) is 13.7 Å². The van der Waals surface area contributed by atoms with Gasteiger partial charge in [-0.05, 0) is 44.2 Å². The van der Waals surface area contributed by atoms with Gasteiger partial charge in [0.25, 0.3) is 5.91 Å². The van der Waals surface area contributed by atoms with Gasteiger partial charge in [0.1, 0.15) is 17.9 Å². The number of rotatable bonds is 9. The maximum atomic E-state index is 13.4. The fraction of sp³-hybridized carbons (Fsp3) is 0.400. The van der Waals surface area contributed by atoms with E-state index in [4.69, 9.17) is 13.8 Å². The van der Waals surface area contributed by atoms with Gasteiger partial charge in [-0.3, -0.25) is 14.1 Å². The van der Waals surface area contributed by atoms with Crippen LogP contribution < -0.4 is 14.9 Å². The zero-order valence-electron chi connectivity index (χ0n) is 18.1. The molecule has 1 aromatic carbocycles. The predicted octanol–water partition coefficient (Wildman–Crippen LogP) is 2.00. The quantitative estimate of drug-likeness (QED) is 0.240. The summed E-state index contributed by atoms with van der Waals surface area (Å²) < 4.78 is 35.8. The Morgan fingerprint density at radius 2 is 2.06 bits per heavy atom. The van der Waals surface area contributed by atoms with Crippen LogP contribution in [0.3, 0.4) is 0 Å². The zero-order chi connectivity index (χ0) is 24.2. The minimum absolute atomic E-state index is 0.180. The van der Waals surface area contributed by atoms with Crippen LogP contribution in [-0.2, 0) is 28.2 Å². The number of aliphatic hydroxyl groups is 1. The van der Waals surface area contributed by atoms with Gasteiger partial charge < -0.3 is 29.3 Å². The monoisotopic (exact) mass is 545 g/mol. The van der Waals surface area contributed by atoms with Crippen LogP contribution in [0.15, 0.2) is 52.7 Å². The number of nitrogens with zero attached hydrogens (tertiary/aromatic N) is 1. The second kappa shape index (κ2) is 10.8. The summed E-state index contributed by atoms with van der Waals surface area (Å²) >= 11 is 3.31. The van der Waals surface area contributed by atoms with E-state index >= 15 is 0 Å². The molecular weight excluding hydrogens is 521 g/mol. The molecule has 13 heteroatoms. The number of hydrogen-bond acceptors (Lipinski definition) is 9. The number of ether oxygens (including phenoxy) is 2. The fourth-order valence-corrected chi connectivity index (χ4v) is 4.75. The molecule has 0 saturated carbocycles. The number of esters is 1. The number of hydrogen-bond donors (Lipinski definition) is 3. The molecule has 0 spiro atoms. The molecule has 5 atom stereocenters. The molecule has 3 N–H and O–H groups in total. The summed E-state index contributed by atoms with van der Waals surface area (Å²) in [6.45, 7) is 2.90. The van der Waals surface area contributed by atoms with Gasteiger partial charge in [-0.15, -0.1) is 0 Å². The van der Waals surface area contributed by atoms with Crippen molar-refractivity contribution >= 4 is 35.6 Å². The molecule has 0 aromatic heterocycles. The van der Waals surface area contributed by atoms with Crippen LogP contribution in [0.1, 0.15) is 13.8 Å². The normalized spacial score (nSPS) is 25.1. The highest BCUT2D eigenvalue weighted by Gasteiger charge is 2.36. The largest absolute Gasteiger partial charge is 0.468 e. The molecule has 180 valence electrons. The lowest BCUT2D eigenvalue weighted by Crippen LogP contribution is -2.53. The summed E-state index contributed by atoms with van der Waals surface area (Å²) in [5, 5.41) is 15.1. The maximum Gasteiger partial charge on any atom is 0.459 e. The molecule has 1 amide bonds.